The molecule has 0 bridgehead atoms. The molecule has 3 rings (SSSR count). The molecule has 27 heavy (non-hydrogen) atoms. The quantitative estimate of drug-likeness (QED) is 0.520. The molecular formula is C19H23N3O3S2. The minimum atomic E-state index is -0.255. The second-order valence-corrected chi connectivity index (χ2v) is 8.08. The number of thiophene rings is 1. The van der Waals surface area contributed by atoms with E-state index < -0.39 is 0 Å². The van der Waals surface area contributed by atoms with Crippen LogP contribution in [0.3, 0.4) is 0 Å². The molecule has 0 unspecified atom stereocenters. The molecule has 8 heteroatoms. The van der Waals surface area contributed by atoms with Crippen LogP contribution in [-0.4, -0.2) is 37.1 Å². The highest BCUT2D eigenvalue weighted by Gasteiger charge is 2.25. The highest BCUT2D eigenvalue weighted by molar-refractivity contribution is 7.17. The molecule has 2 amide bonds. The number of anilines is 1. The van der Waals surface area contributed by atoms with Gasteiger partial charge in [-0.15, -0.1) is 22.7 Å². The van der Waals surface area contributed by atoms with E-state index in [1.54, 1.807) is 18.7 Å². The van der Waals surface area contributed by atoms with Gasteiger partial charge in [0.05, 0.1) is 16.8 Å². The number of carbonyl (C=O) groups is 2. The number of hydrogen-bond acceptors (Lipinski definition) is 6. The Labute approximate surface area is 166 Å². The van der Waals surface area contributed by atoms with E-state index >= 15 is 0 Å². The largest absolute Gasteiger partial charge is 0.385 e. The van der Waals surface area contributed by atoms with Gasteiger partial charge in [0.15, 0.2) is 0 Å². The van der Waals surface area contributed by atoms with Crippen molar-refractivity contribution in [1.82, 2.24) is 10.3 Å². The van der Waals surface area contributed by atoms with Gasteiger partial charge in [0.2, 0.25) is 5.91 Å². The van der Waals surface area contributed by atoms with Gasteiger partial charge in [-0.2, -0.15) is 0 Å². The summed E-state index contributed by atoms with van der Waals surface area (Å²) in [6.07, 6.45) is 7.93. The molecule has 0 atom stereocenters. The molecule has 1 aliphatic carbocycles. The smallest absolute Gasteiger partial charge is 0.254 e. The summed E-state index contributed by atoms with van der Waals surface area (Å²) in [6.45, 7) is 1.15. The topological polar surface area (TPSA) is 80.3 Å². The lowest BCUT2D eigenvalue weighted by molar-refractivity contribution is -0.111. The first-order valence-corrected chi connectivity index (χ1v) is 10.7. The Bertz CT molecular complexity index is 813. The van der Waals surface area contributed by atoms with Crippen LogP contribution >= 0.6 is 22.7 Å². The number of ether oxygens (including phenoxy) is 1. The van der Waals surface area contributed by atoms with Crippen molar-refractivity contribution in [3.8, 4) is 0 Å². The van der Waals surface area contributed by atoms with Gasteiger partial charge in [0.1, 0.15) is 5.00 Å². The second-order valence-electron chi connectivity index (χ2n) is 6.25. The summed E-state index contributed by atoms with van der Waals surface area (Å²) in [6, 6.07) is 0. The van der Waals surface area contributed by atoms with Crippen LogP contribution in [0.5, 0.6) is 0 Å². The molecule has 0 radical (unpaired) electrons. The molecule has 0 aliphatic heterocycles. The molecule has 2 aromatic rings. The Morgan fingerprint density at radius 1 is 1.33 bits per heavy atom. The first-order valence-electron chi connectivity index (χ1n) is 8.98. The van der Waals surface area contributed by atoms with E-state index in [2.05, 4.69) is 15.6 Å². The van der Waals surface area contributed by atoms with Crippen molar-refractivity contribution in [2.24, 2.45) is 0 Å². The van der Waals surface area contributed by atoms with Gasteiger partial charge in [0, 0.05) is 36.6 Å². The van der Waals surface area contributed by atoms with Crippen LogP contribution in [0.2, 0.25) is 0 Å². The van der Waals surface area contributed by atoms with E-state index in [-0.39, 0.29) is 11.8 Å². The normalized spacial score (nSPS) is 13.5. The summed E-state index contributed by atoms with van der Waals surface area (Å²) in [5.41, 5.74) is 4.19. The monoisotopic (exact) mass is 405 g/mol. The maximum absolute atomic E-state index is 12.8. The summed E-state index contributed by atoms with van der Waals surface area (Å²) in [5.74, 6) is -0.376. The van der Waals surface area contributed by atoms with Gasteiger partial charge in [0.25, 0.3) is 5.91 Å². The lowest BCUT2D eigenvalue weighted by atomic mass is 9.95. The first kappa shape index (κ1) is 19.7. The Morgan fingerprint density at radius 3 is 2.96 bits per heavy atom. The van der Waals surface area contributed by atoms with Crippen molar-refractivity contribution in [3.63, 3.8) is 0 Å². The minimum Gasteiger partial charge on any atom is -0.385 e. The first-order chi connectivity index (χ1) is 13.2. The Hall–Kier alpha value is -2.03. The molecule has 0 saturated carbocycles. The molecule has 0 saturated heterocycles. The molecule has 2 aromatic heterocycles. The predicted octanol–water partition coefficient (Wildman–Crippen LogP) is 3.50. The summed E-state index contributed by atoms with van der Waals surface area (Å²) in [7, 11) is 1.64. The van der Waals surface area contributed by atoms with Gasteiger partial charge in [-0.25, -0.2) is 4.98 Å². The summed E-state index contributed by atoms with van der Waals surface area (Å²) in [5, 5.41) is 8.35. The van der Waals surface area contributed by atoms with E-state index in [4.69, 9.17) is 4.74 Å². The van der Waals surface area contributed by atoms with Crippen molar-refractivity contribution >= 4 is 45.6 Å². The second kappa shape index (κ2) is 9.77. The SMILES string of the molecule is COCCCNC(=O)c1c(NC(=O)/C=C/c2cscn2)sc2c1CCCC2. The number of methoxy groups -OCH3 is 1. The fourth-order valence-electron chi connectivity index (χ4n) is 3.02. The standard InChI is InChI=1S/C19H23N3O3S2/c1-25-10-4-9-20-18(24)17-14-5-2-3-6-15(14)27-19(17)22-16(23)8-7-13-11-26-12-21-13/h7-8,11-12H,2-6,9-10H2,1H3,(H,20,24)(H,22,23)/b8-7+. The van der Waals surface area contributed by atoms with E-state index in [1.165, 1.54) is 33.6 Å². The van der Waals surface area contributed by atoms with Crippen LogP contribution in [0, 0.1) is 0 Å². The van der Waals surface area contributed by atoms with Gasteiger partial charge < -0.3 is 15.4 Å². The maximum atomic E-state index is 12.8. The fraction of sp³-hybridized carbons (Fsp3) is 0.421. The number of nitrogens with one attached hydrogen (secondary N) is 2. The minimum absolute atomic E-state index is 0.121. The number of aromatic nitrogens is 1. The highest BCUT2D eigenvalue weighted by Crippen LogP contribution is 2.38. The maximum Gasteiger partial charge on any atom is 0.254 e. The lowest BCUT2D eigenvalue weighted by Crippen LogP contribution is -2.27. The van der Waals surface area contributed by atoms with E-state index in [0.717, 1.165) is 43.4 Å². The average molecular weight is 406 g/mol. The lowest BCUT2D eigenvalue weighted by Gasteiger charge is -2.13. The number of aryl methyl sites for hydroxylation is 1. The molecule has 2 N–H and O–H groups in total. The van der Waals surface area contributed by atoms with Crippen LogP contribution in [0.4, 0.5) is 5.00 Å². The van der Waals surface area contributed by atoms with Crippen LogP contribution in [0.25, 0.3) is 6.08 Å². The summed E-state index contributed by atoms with van der Waals surface area (Å²) in [4.78, 5) is 30.4. The zero-order chi connectivity index (χ0) is 19.1. The number of fused-ring (bicyclic) bond motifs is 1. The Balaban J connectivity index is 1.74. The predicted molar refractivity (Wildman–Crippen MR) is 110 cm³/mol. The zero-order valence-electron chi connectivity index (χ0n) is 15.2. The average Bonchev–Trinajstić information content (AvgIpc) is 3.30. The number of amides is 2. The van der Waals surface area contributed by atoms with Crippen molar-refractivity contribution in [2.75, 3.05) is 25.6 Å². The number of rotatable bonds is 8. The van der Waals surface area contributed by atoms with Gasteiger partial charge in [-0.1, -0.05) is 0 Å². The van der Waals surface area contributed by atoms with Crippen LogP contribution < -0.4 is 10.6 Å². The van der Waals surface area contributed by atoms with Gasteiger partial charge >= 0.3 is 0 Å². The number of carbonyl (C=O) groups excluding carboxylic acids is 2. The third-order valence-electron chi connectivity index (χ3n) is 4.30. The molecule has 2 heterocycles. The third kappa shape index (κ3) is 5.24. The van der Waals surface area contributed by atoms with E-state index in [0.29, 0.717) is 23.7 Å². The number of thiazole rings is 1. The molecular weight excluding hydrogens is 382 g/mol. The Kier molecular flexibility index (Phi) is 7.14. The number of hydrogen-bond donors (Lipinski definition) is 2. The molecule has 0 aromatic carbocycles. The molecule has 144 valence electrons. The van der Waals surface area contributed by atoms with Crippen LogP contribution in [0.15, 0.2) is 17.0 Å². The number of nitrogens with zero attached hydrogens (tertiary/aromatic N) is 1. The summed E-state index contributed by atoms with van der Waals surface area (Å²) >= 11 is 3.00. The van der Waals surface area contributed by atoms with E-state index in [9.17, 15) is 9.59 Å². The fourth-order valence-corrected chi connectivity index (χ4v) is 4.83. The summed E-state index contributed by atoms with van der Waals surface area (Å²) < 4.78 is 5.02. The molecule has 0 spiro atoms. The van der Waals surface area contributed by atoms with Gasteiger partial charge in [-0.05, 0) is 43.7 Å². The van der Waals surface area contributed by atoms with Gasteiger partial charge in [-0.3, -0.25) is 9.59 Å². The van der Waals surface area contributed by atoms with E-state index in [1.807, 2.05) is 5.38 Å². The van der Waals surface area contributed by atoms with Crippen LogP contribution in [0.1, 0.15) is 45.8 Å². The third-order valence-corrected chi connectivity index (χ3v) is 6.11. The van der Waals surface area contributed by atoms with Crippen molar-refractivity contribution in [1.29, 1.82) is 0 Å². The molecule has 0 fully saturated rings. The van der Waals surface area contributed by atoms with Crippen molar-refractivity contribution < 1.29 is 14.3 Å². The highest BCUT2D eigenvalue weighted by atomic mass is 32.1. The molecule has 1 aliphatic rings. The molecule has 6 nitrogen and oxygen atoms in total. The van der Waals surface area contributed by atoms with Crippen molar-refractivity contribution in [3.05, 3.63) is 38.7 Å². The zero-order valence-corrected chi connectivity index (χ0v) is 16.9. The van der Waals surface area contributed by atoms with Crippen molar-refractivity contribution in [2.45, 2.75) is 32.1 Å². The Morgan fingerprint density at radius 2 is 2.19 bits per heavy atom. The van der Waals surface area contributed by atoms with Crippen LogP contribution in [-0.2, 0) is 22.4 Å².